The van der Waals surface area contributed by atoms with Gasteiger partial charge in [-0.2, -0.15) is 14.8 Å². The molecule has 0 spiro atoms. The third kappa shape index (κ3) is 3.39. The van der Waals surface area contributed by atoms with Crippen molar-refractivity contribution < 1.29 is 13.3 Å². The number of nitrogens with one attached hydrogen (secondary N) is 1. The van der Waals surface area contributed by atoms with E-state index in [4.69, 9.17) is 4.52 Å². The minimum absolute atomic E-state index is 0.0418. The van der Waals surface area contributed by atoms with Crippen molar-refractivity contribution in [3.8, 4) is 5.95 Å². The van der Waals surface area contributed by atoms with Crippen LogP contribution >= 0.6 is 0 Å². The summed E-state index contributed by atoms with van der Waals surface area (Å²) in [6, 6.07) is 2.69. The fourth-order valence-corrected chi connectivity index (χ4v) is 4.42. The summed E-state index contributed by atoms with van der Waals surface area (Å²) < 4.78 is 35.4. The van der Waals surface area contributed by atoms with E-state index in [-0.39, 0.29) is 23.3 Å². The van der Waals surface area contributed by atoms with Crippen molar-refractivity contribution >= 4 is 10.9 Å². The van der Waals surface area contributed by atoms with E-state index in [2.05, 4.69) is 25.5 Å². The second kappa shape index (κ2) is 7.70. The minimum Gasteiger partial charge on any atom is -0.337 e. The molecule has 0 saturated carbocycles. The molecule has 4 heterocycles. The van der Waals surface area contributed by atoms with Crippen LogP contribution in [0.4, 0.5) is 8.78 Å². The van der Waals surface area contributed by atoms with Gasteiger partial charge >= 0.3 is 0 Å². The Labute approximate surface area is 173 Å². The Kier molecular flexibility index (Phi) is 5.02. The number of hydrogen-bond acceptors (Lipinski definition) is 6. The number of aromatic nitrogens is 4. The molecule has 3 aromatic rings. The lowest BCUT2D eigenvalue weighted by molar-refractivity contribution is 0.149. The summed E-state index contributed by atoms with van der Waals surface area (Å²) >= 11 is 0. The molecule has 2 aliphatic heterocycles. The average Bonchev–Trinajstić information content (AvgIpc) is 3.33. The van der Waals surface area contributed by atoms with Crippen LogP contribution in [-0.2, 0) is 0 Å². The summed E-state index contributed by atoms with van der Waals surface area (Å²) in [5.41, 5.74) is 0.726. The van der Waals surface area contributed by atoms with Gasteiger partial charge in [0.25, 0.3) is 5.95 Å². The van der Waals surface area contributed by atoms with Crippen LogP contribution in [0.15, 0.2) is 16.7 Å². The molecule has 2 aliphatic rings. The number of benzene rings is 1. The standard InChI is InChI=1S/C21H26F2N6O/c1-12(2)18-15-3-4-16(22)17(23)19(15)29(26-18)21-25-20(30-27-21)14-5-7-28(8-6-14)11-13-9-24-10-13/h3-4,12-14,24H,5-11H2,1-2H3. The van der Waals surface area contributed by atoms with Crippen LogP contribution in [0.3, 0.4) is 0 Å². The highest BCUT2D eigenvalue weighted by Crippen LogP contribution is 2.31. The van der Waals surface area contributed by atoms with Crippen LogP contribution in [0, 0.1) is 17.6 Å². The lowest BCUT2D eigenvalue weighted by Crippen LogP contribution is -2.49. The van der Waals surface area contributed by atoms with E-state index in [1.165, 1.54) is 4.68 Å². The maximum absolute atomic E-state index is 14.6. The molecule has 5 rings (SSSR count). The van der Waals surface area contributed by atoms with Crippen molar-refractivity contribution in [2.24, 2.45) is 5.92 Å². The summed E-state index contributed by atoms with van der Waals surface area (Å²) in [5.74, 6) is -0.199. The van der Waals surface area contributed by atoms with Crippen molar-refractivity contribution in [1.29, 1.82) is 0 Å². The summed E-state index contributed by atoms with van der Waals surface area (Å²) in [6.45, 7) is 9.28. The number of hydrogen-bond donors (Lipinski definition) is 1. The van der Waals surface area contributed by atoms with E-state index in [0.29, 0.717) is 17.0 Å². The molecule has 0 aliphatic carbocycles. The van der Waals surface area contributed by atoms with Gasteiger partial charge in [-0.15, -0.1) is 0 Å². The fraction of sp³-hybridized carbons (Fsp3) is 0.571. The van der Waals surface area contributed by atoms with Gasteiger partial charge in [-0.05, 0) is 55.1 Å². The molecule has 0 amide bonds. The Balaban J connectivity index is 1.39. The second-order valence-electron chi connectivity index (χ2n) is 8.74. The van der Waals surface area contributed by atoms with Crippen LogP contribution in [0.5, 0.6) is 0 Å². The topological polar surface area (TPSA) is 72.0 Å². The maximum Gasteiger partial charge on any atom is 0.291 e. The number of halogens is 2. The largest absolute Gasteiger partial charge is 0.337 e. The first-order chi connectivity index (χ1) is 14.5. The van der Waals surface area contributed by atoms with Gasteiger partial charge in [0, 0.05) is 30.9 Å². The average molecular weight is 416 g/mol. The number of fused-ring (bicyclic) bond motifs is 1. The van der Waals surface area contributed by atoms with E-state index < -0.39 is 11.6 Å². The Bertz CT molecular complexity index is 1050. The molecule has 30 heavy (non-hydrogen) atoms. The third-order valence-corrected chi connectivity index (χ3v) is 6.25. The van der Waals surface area contributed by atoms with Crippen molar-refractivity contribution in [3.05, 3.63) is 35.4 Å². The highest BCUT2D eigenvalue weighted by molar-refractivity contribution is 5.84. The van der Waals surface area contributed by atoms with Crippen LogP contribution < -0.4 is 5.32 Å². The van der Waals surface area contributed by atoms with E-state index >= 15 is 0 Å². The van der Waals surface area contributed by atoms with Gasteiger partial charge in [0.1, 0.15) is 5.52 Å². The molecule has 0 unspecified atom stereocenters. The molecule has 0 bridgehead atoms. The van der Waals surface area contributed by atoms with Gasteiger partial charge < -0.3 is 14.7 Å². The van der Waals surface area contributed by atoms with Crippen LogP contribution in [0.1, 0.15) is 50.1 Å². The highest BCUT2D eigenvalue weighted by atomic mass is 19.2. The molecule has 1 aromatic carbocycles. The van der Waals surface area contributed by atoms with Crippen molar-refractivity contribution in [1.82, 2.24) is 30.1 Å². The minimum atomic E-state index is -0.947. The first-order valence-corrected chi connectivity index (χ1v) is 10.6. The van der Waals surface area contributed by atoms with Gasteiger partial charge in [-0.1, -0.05) is 13.8 Å². The Morgan fingerprint density at radius 1 is 1.20 bits per heavy atom. The third-order valence-electron chi connectivity index (χ3n) is 6.25. The number of nitrogens with zero attached hydrogens (tertiary/aromatic N) is 5. The number of piperidine rings is 1. The maximum atomic E-state index is 14.6. The van der Waals surface area contributed by atoms with Crippen LogP contribution in [0.2, 0.25) is 0 Å². The SMILES string of the molecule is CC(C)c1nn(-c2noc(C3CCN(CC4CNC4)CC3)n2)c2c(F)c(F)ccc12. The molecule has 9 heteroatoms. The fourth-order valence-electron chi connectivity index (χ4n) is 4.42. The molecule has 2 aromatic heterocycles. The highest BCUT2D eigenvalue weighted by Gasteiger charge is 2.29. The zero-order valence-electron chi connectivity index (χ0n) is 17.2. The van der Waals surface area contributed by atoms with Crippen molar-refractivity contribution in [2.45, 2.75) is 38.5 Å². The van der Waals surface area contributed by atoms with Gasteiger partial charge in [0.15, 0.2) is 11.6 Å². The van der Waals surface area contributed by atoms with E-state index in [9.17, 15) is 8.78 Å². The predicted molar refractivity (Wildman–Crippen MR) is 108 cm³/mol. The normalized spacial score (nSPS) is 19.1. The van der Waals surface area contributed by atoms with E-state index in [1.807, 2.05) is 13.8 Å². The Hall–Kier alpha value is -2.39. The summed E-state index contributed by atoms with van der Waals surface area (Å²) in [5, 5.41) is 12.4. The van der Waals surface area contributed by atoms with Gasteiger partial charge in [0.2, 0.25) is 5.89 Å². The molecular weight excluding hydrogens is 390 g/mol. The summed E-state index contributed by atoms with van der Waals surface area (Å²) in [4.78, 5) is 7.01. The van der Waals surface area contributed by atoms with Crippen LogP contribution in [0.25, 0.3) is 16.9 Å². The molecule has 2 fully saturated rings. The summed E-state index contributed by atoms with van der Waals surface area (Å²) in [7, 11) is 0. The predicted octanol–water partition coefficient (Wildman–Crippen LogP) is 3.21. The van der Waals surface area contributed by atoms with Crippen molar-refractivity contribution in [3.63, 3.8) is 0 Å². The van der Waals surface area contributed by atoms with Crippen LogP contribution in [-0.4, -0.2) is 57.5 Å². The second-order valence-corrected chi connectivity index (χ2v) is 8.74. The molecule has 160 valence electrons. The lowest BCUT2D eigenvalue weighted by Gasteiger charge is -2.36. The quantitative estimate of drug-likeness (QED) is 0.689. The molecule has 0 radical (unpaired) electrons. The van der Waals surface area contributed by atoms with Gasteiger partial charge in [-0.25, -0.2) is 8.78 Å². The monoisotopic (exact) mass is 416 g/mol. The first-order valence-electron chi connectivity index (χ1n) is 10.6. The zero-order valence-corrected chi connectivity index (χ0v) is 17.2. The molecule has 1 N–H and O–H groups in total. The van der Waals surface area contributed by atoms with Gasteiger partial charge in [-0.3, -0.25) is 0 Å². The molecular formula is C21H26F2N6O. The molecule has 0 atom stereocenters. The Morgan fingerprint density at radius 2 is 1.97 bits per heavy atom. The lowest BCUT2D eigenvalue weighted by atomic mass is 9.95. The van der Waals surface area contributed by atoms with Gasteiger partial charge in [0.05, 0.1) is 5.69 Å². The summed E-state index contributed by atoms with van der Waals surface area (Å²) in [6.07, 6.45) is 1.89. The molecule has 7 nitrogen and oxygen atoms in total. The van der Waals surface area contributed by atoms with E-state index in [1.54, 1.807) is 6.07 Å². The molecule has 2 saturated heterocycles. The van der Waals surface area contributed by atoms with E-state index in [0.717, 1.165) is 57.5 Å². The smallest absolute Gasteiger partial charge is 0.291 e. The zero-order chi connectivity index (χ0) is 20.8. The number of likely N-dealkylation sites (tertiary alicyclic amines) is 1. The van der Waals surface area contributed by atoms with Crippen molar-refractivity contribution in [2.75, 3.05) is 32.7 Å². The number of rotatable bonds is 5. The Morgan fingerprint density at radius 3 is 2.63 bits per heavy atom. The first kappa shape index (κ1) is 19.6.